The maximum absolute atomic E-state index is 11.5. The Kier molecular flexibility index (Phi) is 3.69. The highest BCUT2D eigenvalue weighted by molar-refractivity contribution is 6.02. The van der Waals surface area contributed by atoms with Crippen LogP contribution in [0, 0.1) is 0 Å². The number of imide groups is 1. The lowest BCUT2D eigenvalue weighted by Crippen LogP contribution is -2.51. The molecule has 2 aliphatic rings. The van der Waals surface area contributed by atoms with Crippen LogP contribution in [0.4, 0.5) is 5.69 Å². The normalized spacial score (nSPS) is 23.0. The zero-order valence-corrected chi connectivity index (χ0v) is 11.4. The second kappa shape index (κ2) is 5.63. The molecule has 2 fully saturated rings. The number of amides is 2. The molecule has 2 heterocycles. The zero-order valence-electron chi connectivity index (χ0n) is 11.4. The van der Waals surface area contributed by atoms with Gasteiger partial charge in [-0.1, -0.05) is 18.2 Å². The lowest BCUT2D eigenvalue weighted by atomic mass is 10.0. The number of carbonyl (C=O) groups excluding carboxylic acids is 2. The molecule has 5 nitrogen and oxygen atoms in total. The summed E-state index contributed by atoms with van der Waals surface area (Å²) in [6.07, 6.45) is 3.35. The summed E-state index contributed by atoms with van der Waals surface area (Å²) >= 11 is 0. The Morgan fingerprint density at radius 2 is 1.90 bits per heavy atom. The summed E-state index contributed by atoms with van der Waals surface area (Å²) in [6, 6.07) is 8.56. The third-order valence-electron chi connectivity index (χ3n) is 3.91. The number of piperazine rings is 1. The average molecular weight is 273 g/mol. The number of carbonyl (C=O) groups is 2. The number of rotatable bonds is 3. The number of benzene rings is 1. The molecule has 1 unspecified atom stereocenters. The van der Waals surface area contributed by atoms with E-state index < -0.39 is 0 Å². The molecule has 0 saturated carbocycles. The molecule has 20 heavy (non-hydrogen) atoms. The summed E-state index contributed by atoms with van der Waals surface area (Å²) < 4.78 is 0. The second-order valence-electron chi connectivity index (χ2n) is 5.45. The van der Waals surface area contributed by atoms with E-state index in [2.05, 4.69) is 16.7 Å². The van der Waals surface area contributed by atoms with Crippen LogP contribution in [-0.4, -0.2) is 37.5 Å². The lowest BCUT2D eigenvalue weighted by Gasteiger charge is -2.29. The van der Waals surface area contributed by atoms with E-state index >= 15 is 0 Å². The van der Waals surface area contributed by atoms with Crippen molar-refractivity contribution in [3.63, 3.8) is 0 Å². The van der Waals surface area contributed by atoms with Crippen molar-refractivity contribution in [3.8, 4) is 0 Å². The lowest BCUT2D eigenvalue weighted by molar-refractivity contribution is -0.130. The Labute approximate surface area is 118 Å². The van der Waals surface area contributed by atoms with Gasteiger partial charge in [0.2, 0.25) is 11.8 Å². The first kappa shape index (κ1) is 13.1. The van der Waals surface area contributed by atoms with E-state index in [1.807, 2.05) is 23.1 Å². The Morgan fingerprint density at radius 1 is 1.15 bits per heavy atom. The van der Waals surface area contributed by atoms with Gasteiger partial charge in [0.15, 0.2) is 0 Å². The third-order valence-corrected chi connectivity index (χ3v) is 3.91. The summed E-state index contributed by atoms with van der Waals surface area (Å²) in [5, 5.41) is 5.83. The average Bonchev–Trinajstić information content (AvgIpc) is 2.91. The molecule has 2 amide bonds. The standard InChI is InChI=1S/C15H19N3O2/c19-14-9-18(10-15(20)17-14)13-6-2-1-4-11(13)8-12-5-3-7-16-12/h1-2,4,6,12,16H,3,5,7-10H2,(H,17,19,20). The molecular formula is C15H19N3O2. The number of nitrogens with zero attached hydrogens (tertiary/aromatic N) is 1. The molecule has 2 aliphatic heterocycles. The molecular weight excluding hydrogens is 254 g/mol. The monoisotopic (exact) mass is 273 g/mol. The Morgan fingerprint density at radius 3 is 2.60 bits per heavy atom. The van der Waals surface area contributed by atoms with E-state index in [-0.39, 0.29) is 24.9 Å². The van der Waals surface area contributed by atoms with Gasteiger partial charge in [-0.2, -0.15) is 0 Å². The predicted molar refractivity (Wildman–Crippen MR) is 76.5 cm³/mol. The first-order valence-electron chi connectivity index (χ1n) is 7.11. The van der Waals surface area contributed by atoms with Gasteiger partial charge >= 0.3 is 0 Å². The zero-order chi connectivity index (χ0) is 13.9. The fourth-order valence-electron chi connectivity index (χ4n) is 3.00. The van der Waals surface area contributed by atoms with Crippen LogP contribution in [-0.2, 0) is 16.0 Å². The van der Waals surface area contributed by atoms with Gasteiger partial charge < -0.3 is 10.2 Å². The summed E-state index contributed by atoms with van der Waals surface area (Å²) in [7, 11) is 0. The number of hydrogen-bond acceptors (Lipinski definition) is 4. The highest BCUT2D eigenvalue weighted by Gasteiger charge is 2.25. The molecule has 0 aromatic heterocycles. The molecule has 106 valence electrons. The van der Waals surface area contributed by atoms with Crippen LogP contribution in [0.3, 0.4) is 0 Å². The van der Waals surface area contributed by atoms with Crippen molar-refractivity contribution >= 4 is 17.5 Å². The predicted octanol–water partition coefficient (Wildman–Crippen LogP) is 0.444. The molecule has 5 heteroatoms. The number of para-hydroxylation sites is 1. The van der Waals surface area contributed by atoms with E-state index in [9.17, 15) is 9.59 Å². The van der Waals surface area contributed by atoms with Crippen molar-refractivity contribution in [3.05, 3.63) is 29.8 Å². The largest absolute Gasteiger partial charge is 0.353 e. The van der Waals surface area contributed by atoms with Crippen molar-refractivity contribution in [1.82, 2.24) is 10.6 Å². The smallest absolute Gasteiger partial charge is 0.246 e. The summed E-state index contributed by atoms with van der Waals surface area (Å²) in [4.78, 5) is 24.9. The van der Waals surface area contributed by atoms with Gasteiger partial charge in [-0.25, -0.2) is 0 Å². The quantitative estimate of drug-likeness (QED) is 0.785. The Hall–Kier alpha value is -1.88. The maximum Gasteiger partial charge on any atom is 0.246 e. The van der Waals surface area contributed by atoms with Crippen molar-refractivity contribution in [2.75, 3.05) is 24.5 Å². The van der Waals surface area contributed by atoms with Crippen LogP contribution >= 0.6 is 0 Å². The van der Waals surface area contributed by atoms with Crippen LogP contribution in [0.2, 0.25) is 0 Å². The Balaban J connectivity index is 1.81. The SMILES string of the molecule is O=C1CN(c2ccccc2CC2CCCN2)CC(=O)N1. The van der Waals surface area contributed by atoms with E-state index in [1.165, 1.54) is 18.4 Å². The van der Waals surface area contributed by atoms with Gasteiger partial charge in [-0.05, 0) is 37.4 Å². The van der Waals surface area contributed by atoms with E-state index in [4.69, 9.17) is 0 Å². The van der Waals surface area contributed by atoms with Crippen molar-refractivity contribution in [2.24, 2.45) is 0 Å². The molecule has 0 aliphatic carbocycles. The van der Waals surface area contributed by atoms with Crippen molar-refractivity contribution in [1.29, 1.82) is 0 Å². The molecule has 1 aromatic carbocycles. The molecule has 0 spiro atoms. The van der Waals surface area contributed by atoms with Crippen LogP contribution < -0.4 is 15.5 Å². The van der Waals surface area contributed by atoms with E-state index in [1.54, 1.807) is 0 Å². The number of nitrogens with one attached hydrogen (secondary N) is 2. The van der Waals surface area contributed by atoms with Crippen LogP contribution in [0.15, 0.2) is 24.3 Å². The summed E-state index contributed by atoms with van der Waals surface area (Å²) in [6.45, 7) is 1.58. The summed E-state index contributed by atoms with van der Waals surface area (Å²) in [5.74, 6) is -0.454. The molecule has 2 saturated heterocycles. The fraction of sp³-hybridized carbons (Fsp3) is 0.467. The molecule has 3 rings (SSSR count). The van der Waals surface area contributed by atoms with Gasteiger partial charge in [0.25, 0.3) is 0 Å². The van der Waals surface area contributed by atoms with Crippen LogP contribution in [0.1, 0.15) is 18.4 Å². The summed E-state index contributed by atoms with van der Waals surface area (Å²) in [5.41, 5.74) is 2.21. The number of anilines is 1. The minimum atomic E-state index is -0.227. The van der Waals surface area contributed by atoms with Crippen LogP contribution in [0.5, 0.6) is 0 Å². The first-order chi connectivity index (χ1) is 9.72. The maximum atomic E-state index is 11.5. The minimum absolute atomic E-state index is 0.227. The fourth-order valence-corrected chi connectivity index (χ4v) is 3.00. The second-order valence-corrected chi connectivity index (χ2v) is 5.45. The van der Waals surface area contributed by atoms with Gasteiger partial charge in [0.1, 0.15) is 0 Å². The van der Waals surface area contributed by atoms with Gasteiger partial charge in [0.05, 0.1) is 13.1 Å². The minimum Gasteiger partial charge on any atom is -0.353 e. The van der Waals surface area contributed by atoms with Gasteiger partial charge in [-0.15, -0.1) is 0 Å². The molecule has 0 bridgehead atoms. The molecule has 1 atom stereocenters. The van der Waals surface area contributed by atoms with Gasteiger partial charge in [-0.3, -0.25) is 14.9 Å². The molecule has 1 aromatic rings. The van der Waals surface area contributed by atoms with E-state index in [0.717, 1.165) is 18.7 Å². The highest BCUT2D eigenvalue weighted by atomic mass is 16.2. The van der Waals surface area contributed by atoms with Crippen LogP contribution in [0.25, 0.3) is 0 Å². The first-order valence-corrected chi connectivity index (χ1v) is 7.11. The molecule has 0 radical (unpaired) electrons. The highest BCUT2D eigenvalue weighted by Crippen LogP contribution is 2.24. The van der Waals surface area contributed by atoms with Crippen molar-refractivity contribution in [2.45, 2.75) is 25.3 Å². The van der Waals surface area contributed by atoms with Crippen molar-refractivity contribution < 1.29 is 9.59 Å². The van der Waals surface area contributed by atoms with E-state index in [0.29, 0.717) is 6.04 Å². The number of hydrogen-bond donors (Lipinski definition) is 2. The molecule has 2 N–H and O–H groups in total. The topological polar surface area (TPSA) is 61.4 Å². The van der Waals surface area contributed by atoms with Gasteiger partial charge in [0, 0.05) is 11.7 Å². The Bertz CT molecular complexity index is 508. The third kappa shape index (κ3) is 2.82.